The molecule has 118 valence electrons. The van der Waals surface area contributed by atoms with Crippen molar-refractivity contribution in [3.05, 3.63) is 28.7 Å². The molecule has 0 aromatic heterocycles. The van der Waals surface area contributed by atoms with E-state index >= 15 is 0 Å². The van der Waals surface area contributed by atoms with E-state index in [0.717, 1.165) is 56.0 Å². The molecule has 0 bridgehead atoms. The van der Waals surface area contributed by atoms with E-state index in [1.54, 1.807) is 7.11 Å². The third-order valence-corrected chi connectivity index (χ3v) is 4.36. The van der Waals surface area contributed by atoms with Crippen LogP contribution in [-0.2, 0) is 9.47 Å². The number of hydrogen-bond donors (Lipinski definition) is 1. The molecule has 0 radical (unpaired) electrons. The first-order valence-corrected chi connectivity index (χ1v) is 8.19. The Morgan fingerprint density at radius 1 is 1.38 bits per heavy atom. The molecule has 1 heterocycles. The molecule has 1 aromatic rings. The van der Waals surface area contributed by atoms with Gasteiger partial charge >= 0.3 is 0 Å². The highest BCUT2D eigenvalue weighted by Gasteiger charge is 2.34. The molecule has 0 amide bonds. The lowest BCUT2D eigenvalue weighted by molar-refractivity contribution is 0.125. The van der Waals surface area contributed by atoms with Gasteiger partial charge in [0.05, 0.1) is 19.8 Å². The molecule has 1 aliphatic heterocycles. The van der Waals surface area contributed by atoms with Crippen LogP contribution < -0.4 is 10.1 Å². The maximum absolute atomic E-state index is 5.86. The number of halogens is 1. The second-order valence-corrected chi connectivity index (χ2v) is 6.44. The fourth-order valence-corrected chi connectivity index (χ4v) is 2.92. The van der Waals surface area contributed by atoms with Gasteiger partial charge in [0.2, 0.25) is 0 Å². The van der Waals surface area contributed by atoms with Crippen molar-refractivity contribution in [1.29, 1.82) is 0 Å². The SMILES string of the molecule is COCCNCC1(CCOc2cccc(Br)c2)CCOC1. The first-order chi connectivity index (χ1) is 10.2. The minimum atomic E-state index is 0.194. The van der Waals surface area contributed by atoms with Gasteiger partial charge < -0.3 is 19.5 Å². The minimum Gasteiger partial charge on any atom is -0.494 e. The van der Waals surface area contributed by atoms with Gasteiger partial charge in [0, 0.05) is 36.7 Å². The molecule has 1 N–H and O–H groups in total. The third-order valence-electron chi connectivity index (χ3n) is 3.87. The quantitative estimate of drug-likeness (QED) is 0.689. The molecular formula is C16H24BrNO3. The molecule has 1 aliphatic rings. The van der Waals surface area contributed by atoms with Crippen molar-refractivity contribution in [2.75, 3.05) is 46.6 Å². The van der Waals surface area contributed by atoms with Gasteiger partial charge in [-0.25, -0.2) is 0 Å². The van der Waals surface area contributed by atoms with Crippen LogP contribution in [0.3, 0.4) is 0 Å². The minimum absolute atomic E-state index is 0.194. The Labute approximate surface area is 135 Å². The predicted molar refractivity (Wildman–Crippen MR) is 86.9 cm³/mol. The van der Waals surface area contributed by atoms with Gasteiger partial charge in [-0.3, -0.25) is 0 Å². The average molecular weight is 358 g/mol. The highest BCUT2D eigenvalue weighted by molar-refractivity contribution is 9.10. The van der Waals surface area contributed by atoms with Crippen molar-refractivity contribution in [3.8, 4) is 5.75 Å². The molecule has 0 saturated carbocycles. The Bertz CT molecular complexity index is 422. The smallest absolute Gasteiger partial charge is 0.120 e. The third kappa shape index (κ3) is 5.58. The number of hydrogen-bond acceptors (Lipinski definition) is 4. The number of rotatable bonds is 9. The summed E-state index contributed by atoms with van der Waals surface area (Å²) in [4.78, 5) is 0. The van der Waals surface area contributed by atoms with Crippen LogP contribution >= 0.6 is 15.9 Å². The van der Waals surface area contributed by atoms with Crippen LogP contribution in [0.4, 0.5) is 0 Å². The number of methoxy groups -OCH3 is 1. The first-order valence-electron chi connectivity index (χ1n) is 7.40. The van der Waals surface area contributed by atoms with Gasteiger partial charge in [0.1, 0.15) is 5.75 Å². The summed E-state index contributed by atoms with van der Waals surface area (Å²) in [6.45, 7) is 4.96. The van der Waals surface area contributed by atoms with Crippen molar-refractivity contribution < 1.29 is 14.2 Å². The molecule has 2 rings (SSSR count). The van der Waals surface area contributed by atoms with Crippen LogP contribution in [0.5, 0.6) is 5.75 Å². The summed E-state index contributed by atoms with van der Waals surface area (Å²) in [7, 11) is 1.72. The van der Waals surface area contributed by atoms with Gasteiger partial charge in [0.25, 0.3) is 0 Å². The molecule has 1 aromatic carbocycles. The highest BCUT2D eigenvalue weighted by atomic mass is 79.9. The highest BCUT2D eigenvalue weighted by Crippen LogP contribution is 2.32. The van der Waals surface area contributed by atoms with Gasteiger partial charge in [-0.05, 0) is 31.0 Å². The molecule has 0 spiro atoms. The Morgan fingerprint density at radius 3 is 3.00 bits per heavy atom. The second kappa shape index (κ2) is 8.73. The van der Waals surface area contributed by atoms with Crippen LogP contribution in [0.1, 0.15) is 12.8 Å². The Balaban J connectivity index is 1.77. The van der Waals surface area contributed by atoms with Crippen molar-refractivity contribution in [3.63, 3.8) is 0 Å². The summed E-state index contributed by atoms with van der Waals surface area (Å²) in [5.74, 6) is 0.908. The van der Waals surface area contributed by atoms with Crippen LogP contribution in [0.2, 0.25) is 0 Å². The number of benzene rings is 1. The maximum Gasteiger partial charge on any atom is 0.120 e. The zero-order valence-electron chi connectivity index (χ0n) is 12.6. The van der Waals surface area contributed by atoms with Crippen LogP contribution in [0.15, 0.2) is 28.7 Å². The summed E-state index contributed by atoms with van der Waals surface area (Å²) < 4.78 is 17.6. The van der Waals surface area contributed by atoms with E-state index in [2.05, 4.69) is 21.2 Å². The van der Waals surface area contributed by atoms with Crippen molar-refractivity contribution >= 4 is 15.9 Å². The first kappa shape index (κ1) is 16.7. The van der Waals surface area contributed by atoms with E-state index in [4.69, 9.17) is 14.2 Å². The van der Waals surface area contributed by atoms with Gasteiger partial charge in [-0.2, -0.15) is 0 Å². The van der Waals surface area contributed by atoms with Gasteiger partial charge in [0.15, 0.2) is 0 Å². The summed E-state index contributed by atoms with van der Waals surface area (Å²) in [6.07, 6.45) is 2.09. The standard InChI is InChI=1S/C16H24BrNO3/c1-19-10-7-18-12-16(5-8-20-13-16)6-9-21-15-4-2-3-14(17)11-15/h2-4,11,18H,5-10,12-13H2,1H3. The summed E-state index contributed by atoms with van der Waals surface area (Å²) >= 11 is 3.46. The van der Waals surface area contributed by atoms with Crippen LogP contribution in [0.25, 0.3) is 0 Å². The number of ether oxygens (including phenoxy) is 3. The molecule has 0 aliphatic carbocycles. The molecule has 1 fully saturated rings. The largest absolute Gasteiger partial charge is 0.494 e. The summed E-state index contributed by atoms with van der Waals surface area (Å²) in [6, 6.07) is 7.97. The monoisotopic (exact) mass is 357 g/mol. The average Bonchev–Trinajstić information content (AvgIpc) is 2.93. The fraction of sp³-hybridized carbons (Fsp3) is 0.625. The van der Waals surface area contributed by atoms with Crippen molar-refractivity contribution in [2.24, 2.45) is 5.41 Å². The number of nitrogens with one attached hydrogen (secondary N) is 1. The maximum atomic E-state index is 5.86. The lowest BCUT2D eigenvalue weighted by Gasteiger charge is -2.27. The Morgan fingerprint density at radius 2 is 2.29 bits per heavy atom. The van der Waals surface area contributed by atoms with Gasteiger partial charge in [-0.1, -0.05) is 22.0 Å². The lowest BCUT2D eigenvalue weighted by atomic mass is 9.84. The van der Waals surface area contributed by atoms with Gasteiger partial charge in [-0.15, -0.1) is 0 Å². The Kier molecular flexibility index (Phi) is 6.96. The lowest BCUT2D eigenvalue weighted by Crippen LogP contribution is -2.37. The van der Waals surface area contributed by atoms with Crippen molar-refractivity contribution in [1.82, 2.24) is 5.32 Å². The zero-order chi connectivity index (χ0) is 15.0. The van der Waals surface area contributed by atoms with E-state index in [1.165, 1.54) is 0 Å². The summed E-state index contributed by atoms with van der Waals surface area (Å²) in [5.41, 5.74) is 0.194. The molecule has 1 saturated heterocycles. The van der Waals surface area contributed by atoms with E-state index < -0.39 is 0 Å². The van der Waals surface area contributed by atoms with E-state index in [1.807, 2.05) is 24.3 Å². The molecule has 21 heavy (non-hydrogen) atoms. The molecule has 4 nitrogen and oxygen atoms in total. The zero-order valence-corrected chi connectivity index (χ0v) is 14.2. The normalized spacial score (nSPS) is 21.6. The second-order valence-electron chi connectivity index (χ2n) is 5.53. The van der Waals surface area contributed by atoms with Crippen LogP contribution in [0, 0.1) is 5.41 Å². The molecule has 5 heteroatoms. The van der Waals surface area contributed by atoms with Crippen molar-refractivity contribution in [2.45, 2.75) is 12.8 Å². The van der Waals surface area contributed by atoms with E-state index in [9.17, 15) is 0 Å². The summed E-state index contributed by atoms with van der Waals surface area (Å²) in [5, 5.41) is 3.46. The van der Waals surface area contributed by atoms with Crippen LogP contribution in [-0.4, -0.2) is 46.6 Å². The topological polar surface area (TPSA) is 39.7 Å². The van der Waals surface area contributed by atoms with E-state index in [-0.39, 0.29) is 5.41 Å². The molecule has 1 atom stereocenters. The molecule has 1 unspecified atom stereocenters. The predicted octanol–water partition coefficient (Wildman–Crippen LogP) is 2.86. The fourth-order valence-electron chi connectivity index (χ4n) is 2.54. The van der Waals surface area contributed by atoms with E-state index in [0.29, 0.717) is 6.61 Å². The molecular weight excluding hydrogens is 334 g/mol. The Hall–Kier alpha value is -0.620.